The fourth-order valence-electron chi connectivity index (χ4n) is 2.99. The lowest BCUT2D eigenvalue weighted by molar-refractivity contribution is -0.141. The van der Waals surface area contributed by atoms with Gasteiger partial charge in [0.05, 0.1) is 0 Å². The van der Waals surface area contributed by atoms with Crippen LogP contribution < -0.4 is 5.32 Å². The Morgan fingerprint density at radius 3 is 2.26 bits per heavy atom. The molecule has 0 saturated carbocycles. The van der Waals surface area contributed by atoms with Crippen LogP contribution in [-0.4, -0.2) is 29.3 Å². The lowest BCUT2D eigenvalue weighted by Gasteiger charge is -2.31. The first-order valence-electron chi connectivity index (χ1n) is 9.40. The summed E-state index contributed by atoms with van der Waals surface area (Å²) in [4.78, 5) is 27.4. The van der Waals surface area contributed by atoms with Gasteiger partial charge in [-0.25, -0.2) is 0 Å². The summed E-state index contributed by atoms with van der Waals surface area (Å²) < 4.78 is 0. The van der Waals surface area contributed by atoms with Crippen molar-refractivity contribution in [2.75, 3.05) is 6.54 Å². The first-order valence-corrected chi connectivity index (χ1v) is 9.78. The summed E-state index contributed by atoms with van der Waals surface area (Å²) in [5.74, 6) is -0.139. The number of nitrogens with zero attached hydrogens (tertiary/aromatic N) is 1. The standard InChI is InChI=1S/C22H27ClN2O2/c1-3-8-21(26)25(16-18-11-13-19(23)14-12-18)20(22(27)24-4-2)15-17-9-6-5-7-10-17/h5-7,9-14,20H,3-4,8,15-16H2,1-2H3,(H,24,27). The van der Waals surface area contributed by atoms with Crippen molar-refractivity contribution in [3.05, 3.63) is 70.7 Å². The Hall–Kier alpha value is -2.33. The zero-order valence-corrected chi connectivity index (χ0v) is 16.7. The zero-order valence-electron chi connectivity index (χ0n) is 16.0. The van der Waals surface area contributed by atoms with Crippen LogP contribution >= 0.6 is 11.6 Å². The van der Waals surface area contributed by atoms with Gasteiger partial charge in [-0.2, -0.15) is 0 Å². The molecule has 1 atom stereocenters. The third-order valence-electron chi connectivity index (χ3n) is 4.35. The fourth-order valence-corrected chi connectivity index (χ4v) is 3.12. The second-order valence-electron chi connectivity index (χ2n) is 6.50. The molecule has 0 aliphatic carbocycles. The largest absolute Gasteiger partial charge is 0.355 e. The van der Waals surface area contributed by atoms with Crippen LogP contribution in [0.1, 0.15) is 37.8 Å². The molecule has 0 fully saturated rings. The van der Waals surface area contributed by atoms with Crippen molar-refractivity contribution in [3.8, 4) is 0 Å². The van der Waals surface area contributed by atoms with E-state index in [0.29, 0.717) is 31.0 Å². The van der Waals surface area contributed by atoms with E-state index in [4.69, 9.17) is 11.6 Å². The Morgan fingerprint density at radius 2 is 1.67 bits per heavy atom. The monoisotopic (exact) mass is 386 g/mol. The average molecular weight is 387 g/mol. The molecule has 2 aromatic carbocycles. The van der Waals surface area contributed by atoms with Crippen LogP contribution in [0.15, 0.2) is 54.6 Å². The van der Waals surface area contributed by atoms with E-state index in [1.54, 1.807) is 17.0 Å². The van der Waals surface area contributed by atoms with Crippen LogP contribution in [0.2, 0.25) is 5.02 Å². The second kappa shape index (κ2) is 10.7. The van der Waals surface area contributed by atoms with Gasteiger partial charge in [0.15, 0.2) is 0 Å². The molecule has 5 heteroatoms. The van der Waals surface area contributed by atoms with E-state index in [-0.39, 0.29) is 11.8 Å². The van der Waals surface area contributed by atoms with Gasteiger partial charge < -0.3 is 10.2 Å². The van der Waals surface area contributed by atoms with E-state index in [2.05, 4.69) is 5.32 Å². The summed E-state index contributed by atoms with van der Waals surface area (Å²) in [5, 5.41) is 3.53. The Kier molecular flexibility index (Phi) is 8.34. The predicted molar refractivity (Wildman–Crippen MR) is 110 cm³/mol. The first-order chi connectivity index (χ1) is 13.0. The zero-order chi connectivity index (χ0) is 19.6. The normalized spacial score (nSPS) is 11.7. The number of hydrogen-bond acceptors (Lipinski definition) is 2. The first kappa shape index (κ1) is 21.0. The summed E-state index contributed by atoms with van der Waals surface area (Å²) >= 11 is 5.98. The number of hydrogen-bond donors (Lipinski definition) is 1. The van der Waals surface area contributed by atoms with Gasteiger partial charge in [-0.3, -0.25) is 9.59 Å². The summed E-state index contributed by atoms with van der Waals surface area (Å²) in [7, 11) is 0. The quantitative estimate of drug-likeness (QED) is 0.701. The maximum Gasteiger partial charge on any atom is 0.243 e. The molecule has 0 aliphatic heterocycles. The van der Waals surface area contributed by atoms with Gasteiger partial charge in [-0.15, -0.1) is 0 Å². The Bertz CT molecular complexity index is 732. The lowest BCUT2D eigenvalue weighted by atomic mass is 10.0. The van der Waals surface area contributed by atoms with Crippen LogP contribution in [0.25, 0.3) is 0 Å². The van der Waals surface area contributed by atoms with Gasteiger partial charge in [0.1, 0.15) is 6.04 Å². The van der Waals surface area contributed by atoms with Gasteiger partial charge in [-0.05, 0) is 36.6 Å². The number of rotatable bonds is 9. The molecule has 1 unspecified atom stereocenters. The van der Waals surface area contributed by atoms with Crippen LogP contribution in [0, 0.1) is 0 Å². The molecule has 0 spiro atoms. The van der Waals surface area contributed by atoms with E-state index in [1.165, 1.54) is 0 Å². The van der Waals surface area contributed by atoms with Crippen molar-refractivity contribution >= 4 is 23.4 Å². The second-order valence-corrected chi connectivity index (χ2v) is 6.93. The molecule has 0 aromatic heterocycles. The highest BCUT2D eigenvalue weighted by Gasteiger charge is 2.29. The number of likely N-dealkylation sites (N-methyl/N-ethyl adjacent to an activating group) is 1. The van der Waals surface area contributed by atoms with Gasteiger partial charge in [0, 0.05) is 31.0 Å². The number of carbonyl (C=O) groups excluding carboxylic acids is 2. The summed E-state index contributed by atoms with van der Waals surface area (Å²) in [6.07, 6.45) is 1.64. The molecule has 2 aromatic rings. The van der Waals surface area contributed by atoms with Crippen LogP contribution in [0.4, 0.5) is 0 Å². The number of amides is 2. The molecular weight excluding hydrogens is 360 g/mol. The predicted octanol–water partition coefficient (Wildman–Crippen LogP) is 4.22. The molecule has 0 bridgehead atoms. The Morgan fingerprint density at radius 1 is 1.00 bits per heavy atom. The molecule has 1 N–H and O–H groups in total. The number of benzene rings is 2. The molecule has 0 saturated heterocycles. The molecule has 0 radical (unpaired) electrons. The minimum Gasteiger partial charge on any atom is -0.355 e. The van der Waals surface area contributed by atoms with Gasteiger partial charge in [0.25, 0.3) is 0 Å². The molecule has 27 heavy (non-hydrogen) atoms. The van der Waals surface area contributed by atoms with Crippen molar-refractivity contribution in [2.45, 2.75) is 45.7 Å². The van der Waals surface area contributed by atoms with Crippen LogP contribution in [0.5, 0.6) is 0 Å². The van der Waals surface area contributed by atoms with Gasteiger partial charge >= 0.3 is 0 Å². The number of halogens is 1. The van der Waals surface area contributed by atoms with E-state index in [1.807, 2.05) is 56.3 Å². The number of nitrogens with one attached hydrogen (secondary N) is 1. The lowest BCUT2D eigenvalue weighted by Crippen LogP contribution is -2.50. The molecule has 0 heterocycles. The summed E-state index contributed by atoms with van der Waals surface area (Å²) in [6.45, 7) is 4.76. The number of carbonyl (C=O) groups is 2. The van der Waals surface area contributed by atoms with E-state index in [9.17, 15) is 9.59 Å². The molecule has 0 aliphatic rings. The molecule has 4 nitrogen and oxygen atoms in total. The minimum absolute atomic E-state index is 0.0142. The maximum atomic E-state index is 12.9. The highest BCUT2D eigenvalue weighted by atomic mass is 35.5. The summed E-state index contributed by atoms with van der Waals surface area (Å²) in [5.41, 5.74) is 1.98. The summed E-state index contributed by atoms with van der Waals surface area (Å²) in [6, 6.07) is 16.6. The average Bonchev–Trinajstić information content (AvgIpc) is 2.67. The SMILES string of the molecule is CCCC(=O)N(Cc1ccc(Cl)cc1)C(Cc1ccccc1)C(=O)NCC. The fraction of sp³-hybridized carbons (Fsp3) is 0.364. The Labute approximate surface area is 166 Å². The van der Waals surface area contributed by atoms with E-state index < -0.39 is 6.04 Å². The minimum atomic E-state index is -0.554. The van der Waals surface area contributed by atoms with Gasteiger partial charge in [0.2, 0.25) is 11.8 Å². The third kappa shape index (κ3) is 6.40. The van der Waals surface area contributed by atoms with Crippen LogP contribution in [-0.2, 0) is 22.6 Å². The third-order valence-corrected chi connectivity index (χ3v) is 4.60. The van der Waals surface area contributed by atoms with Crippen molar-refractivity contribution in [1.29, 1.82) is 0 Å². The van der Waals surface area contributed by atoms with E-state index >= 15 is 0 Å². The van der Waals surface area contributed by atoms with Crippen molar-refractivity contribution in [2.24, 2.45) is 0 Å². The van der Waals surface area contributed by atoms with Gasteiger partial charge in [-0.1, -0.05) is 61.0 Å². The molecule has 2 rings (SSSR count). The molecular formula is C22H27ClN2O2. The van der Waals surface area contributed by atoms with Crippen LogP contribution in [0.3, 0.4) is 0 Å². The highest BCUT2D eigenvalue weighted by molar-refractivity contribution is 6.30. The Balaban J connectivity index is 2.33. The van der Waals surface area contributed by atoms with Crippen molar-refractivity contribution < 1.29 is 9.59 Å². The van der Waals surface area contributed by atoms with E-state index in [0.717, 1.165) is 17.5 Å². The van der Waals surface area contributed by atoms with Crippen molar-refractivity contribution in [1.82, 2.24) is 10.2 Å². The topological polar surface area (TPSA) is 49.4 Å². The van der Waals surface area contributed by atoms with Crippen molar-refractivity contribution in [3.63, 3.8) is 0 Å². The molecule has 144 valence electrons. The molecule has 2 amide bonds. The smallest absolute Gasteiger partial charge is 0.243 e. The maximum absolute atomic E-state index is 12.9. The highest BCUT2D eigenvalue weighted by Crippen LogP contribution is 2.17.